The van der Waals surface area contributed by atoms with E-state index in [1.54, 1.807) is 5.32 Å². The van der Waals surface area contributed by atoms with E-state index in [9.17, 15) is 31.1 Å². The number of rotatable bonds is 2. The Labute approximate surface area is 96.6 Å². The molecule has 1 aromatic rings. The second-order valence-corrected chi connectivity index (χ2v) is 3.26. The first-order chi connectivity index (χ1) is 8.05. The maximum absolute atomic E-state index is 13.0. The monoisotopic (exact) mass is 272 g/mol. The smallest absolute Gasteiger partial charge is 0.351 e. The maximum Gasteiger partial charge on any atom is 0.458 e. The van der Waals surface area contributed by atoms with E-state index < -0.39 is 35.2 Å². The van der Waals surface area contributed by atoms with E-state index >= 15 is 0 Å². The molecule has 0 heterocycles. The van der Waals surface area contributed by atoms with Crippen molar-refractivity contribution in [3.05, 3.63) is 29.6 Å². The molecule has 0 aromatic heterocycles. The van der Waals surface area contributed by atoms with Crippen molar-refractivity contribution >= 4 is 11.7 Å². The fraction of sp³-hybridized carbons (Fsp3) is 0.222. The zero-order valence-corrected chi connectivity index (χ0v) is 8.49. The summed E-state index contributed by atoms with van der Waals surface area (Å²) in [5.41, 5.74) is 2.25. The van der Waals surface area contributed by atoms with E-state index in [2.05, 4.69) is 5.73 Å². The molecule has 0 unspecified atom stereocenters. The molecular weight excluding hydrogens is 266 g/mol. The zero-order chi connectivity index (χ0) is 14.1. The van der Waals surface area contributed by atoms with E-state index in [0.717, 1.165) is 0 Å². The summed E-state index contributed by atoms with van der Waals surface area (Å²) >= 11 is 0. The Morgan fingerprint density at radius 2 is 1.72 bits per heavy atom. The summed E-state index contributed by atoms with van der Waals surface area (Å²) in [7, 11) is 0. The molecule has 0 fully saturated rings. The Morgan fingerprint density at radius 3 is 2.17 bits per heavy atom. The number of hydrogen-bond acceptors (Lipinski definition) is 1. The van der Waals surface area contributed by atoms with Crippen LogP contribution in [0.1, 0.15) is 5.56 Å². The van der Waals surface area contributed by atoms with Crippen molar-refractivity contribution in [3.8, 4) is 0 Å². The number of urea groups is 1. The van der Waals surface area contributed by atoms with Gasteiger partial charge in [0, 0.05) is 5.56 Å². The van der Waals surface area contributed by atoms with Gasteiger partial charge in [-0.25, -0.2) is 9.18 Å². The van der Waals surface area contributed by atoms with Gasteiger partial charge < -0.3 is 11.1 Å². The SMILES string of the molecule is NC(=O)Nc1cc(C(F)(F)C(F)(F)F)ccc1F. The summed E-state index contributed by atoms with van der Waals surface area (Å²) in [5, 5.41) is 1.60. The number of hydrogen-bond donors (Lipinski definition) is 2. The Morgan fingerprint density at radius 1 is 1.17 bits per heavy atom. The third-order valence-electron chi connectivity index (χ3n) is 1.94. The maximum atomic E-state index is 13.0. The number of carbonyl (C=O) groups is 1. The number of primary amides is 1. The Bertz CT molecular complexity index is 471. The number of amides is 2. The van der Waals surface area contributed by atoms with Crippen LogP contribution in [0.3, 0.4) is 0 Å². The number of nitrogens with two attached hydrogens (primary N) is 1. The van der Waals surface area contributed by atoms with Gasteiger partial charge in [0.15, 0.2) is 0 Å². The quantitative estimate of drug-likeness (QED) is 0.799. The molecule has 100 valence electrons. The van der Waals surface area contributed by atoms with E-state index in [1.807, 2.05) is 0 Å². The average Bonchev–Trinajstić information content (AvgIpc) is 2.18. The number of benzene rings is 1. The van der Waals surface area contributed by atoms with Crippen LogP contribution >= 0.6 is 0 Å². The Kier molecular flexibility index (Phi) is 3.45. The van der Waals surface area contributed by atoms with Crippen molar-refractivity contribution in [3.63, 3.8) is 0 Å². The first-order valence-electron chi connectivity index (χ1n) is 4.36. The summed E-state index contributed by atoms with van der Waals surface area (Å²) < 4.78 is 75.0. The lowest BCUT2D eigenvalue weighted by molar-refractivity contribution is -0.289. The molecule has 0 radical (unpaired) electrons. The Balaban J connectivity index is 3.24. The van der Waals surface area contributed by atoms with Gasteiger partial charge in [0.05, 0.1) is 5.69 Å². The van der Waals surface area contributed by atoms with Gasteiger partial charge in [0.2, 0.25) is 0 Å². The van der Waals surface area contributed by atoms with Gasteiger partial charge in [-0.05, 0) is 18.2 Å². The van der Waals surface area contributed by atoms with Gasteiger partial charge in [-0.2, -0.15) is 22.0 Å². The van der Waals surface area contributed by atoms with E-state index in [4.69, 9.17) is 0 Å². The normalized spacial score (nSPS) is 12.3. The molecule has 3 N–H and O–H groups in total. The third-order valence-corrected chi connectivity index (χ3v) is 1.94. The van der Waals surface area contributed by atoms with E-state index in [-0.39, 0.29) is 12.1 Å². The van der Waals surface area contributed by atoms with Crippen molar-refractivity contribution in [2.24, 2.45) is 5.73 Å². The predicted octanol–water partition coefficient (Wildman–Crippen LogP) is 2.97. The van der Waals surface area contributed by atoms with Crippen molar-refractivity contribution in [2.45, 2.75) is 12.1 Å². The largest absolute Gasteiger partial charge is 0.458 e. The number of carbonyl (C=O) groups excluding carboxylic acids is 1. The minimum atomic E-state index is -5.82. The second kappa shape index (κ2) is 4.39. The summed E-state index contributed by atoms with van der Waals surface area (Å²) in [6.45, 7) is 0. The van der Waals surface area contributed by atoms with Gasteiger partial charge >= 0.3 is 18.1 Å². The minimum Gasteiger partial charge on any atom is -0.351 e. The summed E-state index contributed by atoms with van der Waals surface area (Å²) in [6, 6.07) is -0.468. The molecule has 0 saturated carbocycles. The minimum absolute atomic E-state index is 0.174. The average molecular weight is 272 g/mol. The first-order valence-corrected chi connectivity index (χ1v) is 4.36. The molecule has 0 bridgehead atoms. The van der Waals surface area contributed by atoms with Gasteiger partial charge in [0.1, 0.15) is 5.82 Å². The molecule has 0 aliphatic rings. The number of nitrogens with one attached hydrogen (secondary N) is 1. The first kappa shape index (κ1) is 14.1. The molecule has 9 heteroatoms. The summed E-state index contributed by atoms with van der Waals surface area (Å²) in [6.07, 6.45) is -5.82. The number of anilines is 1. The molecule has 2 amide bonds. The molecule has 0 spiro atoms. The molecule has 18 heavy (non-hydrogen) atoms. The van der Waals surface area contributed by atoms with Crippen molar-refractivity contribution in [1.82, 2.24) is 0 Å². The van der Waals surface area contributed by atoms with Crippen molar-refractivity contribution in [1.29, 1.82) is 0 Å². The molecule has 1 rings (SSSR count). The molecule has 3 nitrogen and oxygen atoms in total. The van der Waals surface area contributed by atoms with E-state index in [0.29, 0.717) is 6.07 Å². The fourth-order valence-electron chi connectivity index (χ4n) is 1.11. The highest BCUT2D eigenvalue weighted by molar-refractivity contribution is 5.88. The van der Waals surface area contributed by atoms with Crippen LogP contribution in [0.15, 0.2) is 18.2 Å². The lowest BCUT2D eigenvalue weighted by atomic mass is 10.1. The second-order valence-electron chi connectivity index (χ2n) is 3.26. The van der Waals surface area contributed by atoms with Gasteiger partial charge in [-0.15, -0.1) is 0 Å². The van der Waals surface area contributed by atoms with Crippen LogP contribution in [0, 0.1) is 5.82 Å². The van der Waals surface area contributed by atoms with E-state index in [1.165, 1.54) is 0 Å². The van der Waals surface area contributed by atoms with Crippen LogP contribution in [0.25, 0.3) is 0 Å². The zero-order valence-electron chi connectivity index (χ0n) is 8.49. The third kappa shape index (κ3) is 2.66. The van der Waals surface area contributed by atoms with Gasteiger partial charge in [-0.1, -0.05) is 0 Å². The summed E-state index contributed by atoms with van der Waals surface area (Å²) in [5.74, 6) is -6.34. The van der Waals surface area contributed by atoms with Crippen LogP contribution in [-0.2, 0) is 5.92 Å². The standard InChI is InChI=1S/C9H6F6N2O/c10-5-2-1-4(3-6(5)17-7(16)18)8(11,12)9(13,14)15/h1-3H,(H3,16,17,18). The molecule has 1 aromatic carbocycles. The molecular formula is C9H6F6N2O. The van der Waals surface area contributed by atoms with Crippen LogP contribution in [0.2, 0.25) is 0 Å². The van der Waals surface area contributed by atoms with Crippen molar-refractivity contribution < 1.29 is 31.1 Å². The lowest BCUT2D eigenvalue weighted by Gasteiger charge is -2.20. The molecule has 0 atom stereocenters. The highest BCUT2D eigenvalue weighted by Gasteiger charge is 2.58. The van der Waals surface area contributed by atoms with Gasteiger partial charge in [-0.3, -0.25) is 0 Å². The number of alkyl halides is 5. The van der Waals surface area contributed by atoms with Crippen molar-refractivity contribution in [2.75, 3.05) is 5.32 Å². The molecule has 0 aliphatic heterocycles. The molecule has 0 aliphatic carbocycles. The lowest BCUT2D eigenvalue weighted by Crippen LogP contribution is -2.33. The van der Waals surface area contributed by atoms with Crippen LogP contribution in [0.4, 0.5) is 36.8 Å². The van der Waals surface area contributed by atoms with Crippen LogP contribution in [0.5, 0.6) is 0 Å². The topological polar surface area (TPSA) is 55.1 Å². The number of halogens is 6. The van der Waals surface area contributed by atoms with Crippen LogP contribution < -0.4 is 11.1 Å². The van der Waals surface area contributed by atoms with Gasteiger partial charge in [0.25, 0.3) is 0 Å². The highest BCUT2D eigenvalue weighted by Crippen LogP contribution is 2.44. The molecule has 0 saturated heterocycles. The fourth-order valence-corrected chi connectivity index (χ4v) is 1.11. The van der Waals surface area contributed by atoms with Crippen LogP contribution in [-0.4, -0.2) is 12.2 Å². The highest BCUT2D eigenvalue weighted by atomic mass is 19.4. The predicted molar refractivity (Wildman–Crippen MR) is 49.6 cm³/mol. The summed E-state index contributed by atoms with van der Waals surface area (Å²) in [4.78, 5) is 10.4. The Hall–Kier alpha value is -1.93.